The lowest BCUT2D eigenvalue weighted by atomic mass is 10.2. The highest BCUT2D eigenvalue weighted by molar-refractivity contribution is 5.88. The molecule has 0 saturated carbocycles. The SMILES string of the molecule is CCOC(=O)C1=CC(C)=CC=CN1. The van der Waals surface area contributed by atoms with E-state index in [2.05, 4.69) is 5.32 Å². The Morgan fingerprint density at radius 1 is 1.62 bits per heavy atom. The molecule has 0 bridgehead atoms. The van der Waals surface area contributed by atoms with E-state index in [1.165, 1.54) is 0 Å². The van der Waals surface area contributed by atoms with E-state index in [0.29, 0.717) is 12.3 Å². The lowest BCUT2D eigenvalue weighted by molar-refractivity contribution is -0.138. The molecule has 70 valence electrons. The first-order chi connectivity index (χ1) is 6.24. The molecule has 1 aliphatic rings. The van der Waals surface area contributed by atoms with Crippen LogP contribution in [0.4, 0.5) is 0 Å². The number of ether oxygens (including phenoxy) is 1. The van der Waals surface area contributed by atoms with Gasteiger partial charge >= 0.3 is 5.97 Å². The van der Waals surface area contributed by atoms with E-state index >= 15 is 0 Å². The molecular weight excluding hydrogens is 166 g/mol. The maximum Gasteiger partial charge on any atom is 0.354 e. The van der Waals surface area contributed by atoms with Crippen LogP contribution in [0.25, 0.3) is 0 Å². The van der Waals surface area contributed by atoms with Gasteiger partial charge in [0.15, 0.2) is 0 Å². The summed E-state index contributed by atoms with van der Waals surface area (Å²) < 4.78 is 4.85. The number of rotatable bonds is 2. The number of hydrogen-bond donors (Lipinski definition) is 1. The largest absolute Gasteiger partial charge is 0.461 e. The molecule has 0 atom stereocenters. The Morgan fingerprint density at radius 2 is 2.38 bits per heavy atom. The van der Waals surface area contributed by atoms with Gasteiger partial charge < -0.3 is 10.1 Å². The summed E-state index contributed by atoms with van der Waals surface area (Å²) in [5.74, 6) is -0.318. The highest BCUT2D eigenvalue weighted by atomic mass is 16.5. The van der Waals surface area contributed by atoms with Crippen molar-refractivity contribution in [1.82, 2.24) is 5.32 Å². The Balaban J connectivity index is 2.74. The third kappa shape index (κ3) is 2.78. The van der Waals surface area contributed by atoms with Crippen LogP contribution in [0.15, 0.2) is 35.7 Å². The van der Waals surface area contributed by atoms with Crippen LogP contribution in [-0.2, 0) is 9.53 Å². The summed E-state index contributed by atoms with van der Waals surface area (Å²) in [6.07, 6.45) is 7.23. The second-order valence-corrected chi connectivity index (χ2v) is 2.69. The second kappa shape index (κ2) is 4.50. The third-order valence-electron chi connectivity index (χ3n) is 1.56. The minimum Gasteiger partial charge on any atom is -0.461 e. The molecule has 0 saturated heterocycles. The fourth-order valence-corrected chi connectivity index (χ4v) is 0.982. The zero-order chi connectivity index (χ0) is 9.68. The summed E-state index contributed by atoms with van der Waals surface area (Å²) in [4.78, 5) is 11.3. The lowest BCUT2D eigenvalue weighted by Crippen LogP contribution is -2.17. The van der Waals surface area contributed by atoms with Crippen molar-refractivity contribution in [1.29, 1.82) is 0 Å². The van der Waals surface area contributed by atoms with Crippen LogP contribution in [0.1, 0.15) is 13.8 Å². The van der Waals surface area contributed by atoms with Crippen molar-refractivity contribution in [2.45, 2.75) is 13.8 Å². The fraction of sp³-hybridized carbons (Fsp3) is 0.300. The van der Waals surface area contributed by atoms with Gasteiger partial charge in [-0.1, -0.05) is 6.08 Å². The maximum absolute atomic E-state index is 11.3. The molecule has 0 radical (unpaired) electrons. The number of nitrogens with one attached hydrogen (secondary N) is 1. The van der Waals surface area contributed by atoms with Crippen molar-refractivity contribution in [3.8, 4) is 0 Å². The van der Waals surface area contributed by atoms with E-state index in [-0.39, 0.29) is 5.97 Å². The standard InChI is InChI=1S/C10H13NO2/c1-3-13-10(12)9-7-8(2)5-4-6-11-9/h4-7,11H,3H2,1-2H3. The highest BCUT2D eigenvalue weighted by Gasteiger charge is 2.09. The zero-order valence-corrected chi connectivity index (χ0v) is 7.83. The van der Waals surface area contributed by atoms with Crippen LogP contribution < -0.4 is 5.32 Å². The van der Waals surface area contributed by atoms with Gasteiger partial charge in [-0.25, -0.2) is 4.79 Å². The first-order valence-corrected chi connectivity index (χ1v) is 4.23. The third-order valence-corrected chi connectivity index (χ3v) is 1.56. The molecule has 3 nitrogen and oxygen atoms in total. The summed E-state index contributed by atoms with van der Waals surface area (Å²) in [5.41, 5.74) is 1.49. The molecule has 13 heavy (non-hydrogen) atoms. The van der Waals surface area contributed by atoms with E-state index in [9.17, 15) is 4.79 Å². The van der Waals surface area contributed by atoms with Gasteiger partial charge in [-0.05, 0) is 31.6 Å². The summed E-state index contributed by atoms with van der Waals surface area (Å²) in [6.45, 7) is 4.11. The molecule has 1 rings (SSSR count). The second-order valence-electron chi connectivity index (χ2n) is 2.69. The van der Waals surface area contributed by atoms with Crippen molar-refractivity contribution >= 4 is 5.97 Å². The monoisotopic (exact) mass is 179 g/mol. The number of allylic oxidation sites excluding steroid dienone is 4. The van der Waals surface area contributed by atoms with Crippen molar-refractivity contribution in [3.05, 3.63) is 35.7 Å². The van der Waals surface area contributed by atoms with Crippen LogP contribution in [-0.4, -0.2) is 12.6 Å². The predicted octanol–water partition coefficient (Wildman–Crippen LogP) is 1.50. The normalized spacial score (nSPS) is 15.2. The van der Waals surface area contributed by atoms with Crippen LogP contribution in [0, 0.1) is 0 Å². The van der Waals surface area contributed by atoms with Gasteiger partial charge in [0.1, 0.15) is 5.70 Å². The van der Waals surface area contributed by atoms with Gasteiger partial charge in [-0.15, -0.1) is 0 Å². The van der Waals surface area contributed by atoms with Gasteiger partial charge in [0.25, 0.3) is 0 Å². The van der Waals surface area contributed by atoms with Crippen molar-refractivity contribution in [2.24, 2.45) is 0 Å². The molecule has 0 aromatic rings. The molecule has 0 aromatic heterocycles. The molecular formula is C10H13NO2. The first kappa shape index (κ1) is 9.58. The van der Waals surface area contributed by atoms with E-state index in [1.807, 2.05) is 19.1 Å². The minimum atomic E-state index is -0.318. The van der Waals surface area contributed by atoms with Crippen LogP contribution >= 0.6 is 0 Å². The van der Waals surface area contributed by atoms with Crippen LogP contribution in [0.2, 0.25) is 0 Å². The Bertz CT molecular complexity index is 287. The molecule has 0 aromatic carbocycles. The molecule has 0 unspecified atom stereocenters. The average Bonchev–Trinajstić information content (AvgIpc) is 2.30. The van der Waals surface area contributed by atoms with E-state index < -0.39 is 0 Å². The van der Waals surface area contributed by atoms with Crippen LogP contribution in [0.3, 0.4) is 0 Å². The molecule has 0 spiro atoms. The number of esters is 1. The fourth-order valence-electron chi connectivity index (χ4n) is 0.982. The van der Waals surface area contributed by atoms with Gasteiger partial charge in [-0.3, -0.25) is 0 Å². The van der Waals surface area contributed by atoms with Gasteiger partial charge in [-0.2, -0.15) is 0 Å². The van der Waals surface area contributed by atoms with E-state index in [1.54, 1.807) is 19.2 Å². The van der Waals surface area contributed by atoms with Crippen molar-refractivity contribution < 1.29 is 9.53 Å². The molecule has 0 aliphatic carbocycles. The van der Waals surface area contributed by atoms with Gasteiger partial charge in [0.2, 0.25) is 0 Å². The average molecular weight is 179 g/mol. The van der Waals surface area contributed by atoms with E-state index in [0.717, 1.165) is 5.57 Å². The molecule has 0 amide bonds. The molecule has 0 fully saturated rings. The van der Waals surface area contributed by atoms with E-state index in [4.69, 9.17) is 4.74 Å². The Morgan fingerprint density at radius 3 is 3.08 bits per heavy atom. The number of hydrogen-bond acceptors (Lipinski definition) is 3. The summed E-state index contributed by atoms with van der Waals surface area (Å²) >= 11 is 0. The molecule has 3 heteroatoms. The quantitative estimate of drug-likeness (QED) is 0.653. The zero-order valence-electron chi connectivity index (χ0n) is 7.83. The molecule has 1 N–H and O–H groups in total. The van der Waals surface area contributed by atoms with Gasteiger partial charge in [0, 0.05) is 6.20 Å². The molecule has 1 aliphatic heterocycles. The molecule has 1 heterocycles. The Labute approximate surface area is 77.8 Å². The van der Waals surface area contributed by atoms with Crippen molar-refractivity contribution in [2.75, 3.05) is 6.61 Å². The van der Waals surface area contributed by atoms with Crippen LogP contribution in [0.5, 0.6) is 0 Å². The maximum atomic E-state index is 11.3. The minimum absolute atomic E-state index is 0.318. The Hall–Kier alpha value is -1.51. The lowest BCUT2D eigenvalue weighted by Gasteiger charge is -2.04. The highest BCUT2D eigenvalue weighted by Crippen LogP contribution is 2.05. The predicted molar refractivity (Wildman–Crippen MR) is 50.7 cm³/mol. The Kier molecular flexibility index (Phi) is 3.31. The summed E-state index contributed by atoms with van der Waals surface area (Å²) in [6, 6.07) is 0. The topological polar surface area (TPSA) is 38.3 Å². The smallest absolute Gasteiger partial charge is 0.354 e. The van der Waals surface area contributed by atoms with Crippen molar-refractivity contribution in [3.63, 3.8) is 0 Å². The number of carbonyl (C=O) groups is 1. The number of carbonyl (C=O) groups excluding carboxylic acids is 1. The first-order valence-electron chi connectivity index (χ1n) is 4.23. The summed E-state index contributed by atoms with van der Waals surface area (Å²) in [5, 5.41) is 2.85. The summed E-state index contributed by atoms with van der Waals surface area (Å²) in [7, 11) is 0. The van der Waals surface area contributed by atoms with Gasteiger partial charge in [0.05, 0.1) is 6.61 Å².